The maximum atomic E-state index is 12.7. The number of rotatable bonds is 2. The molecule has 1 aromatic rings. The molecule has 2 bridgehead atoms. The number of amides is 2. The van der Waals surface area contributed by atoms with Gasteiger partial charge in [0, 0.05) is 4.83 Å². The summed E-state index contributed by atoms with van der Waals surface area (Å²) in [7, 11) is 0. The van der Waals surface area contributed by atoms with Crippen molar-refractivity contribution in [2.75, 3.05) is 0 Å². The average molecular weight is 355 g/mol. The number of alkyl halides is 1. The van der Waals surface area contributed by atoms with Crippen LogP contribution in [0.3, 0.4) is 0 Å². The Kier molecular flexibility index (Phi) is 3.03. The highest BCUT2D eigenvalue weighted by Crippen LogP contribution is 2.79. The van der Waals surface area contributed by atoms with Crippen molar-refractivity contribution in [3.63, 3.8) is 0 Å². The van der Waals surface area contributed by atoms with Crippen LogP contribution < -0.4 is 10.9 Å². The summed E-state index contributed by atoms with van der Waals surface area (Å²) in [6.07, 6.45) is 3.26. The molecule has 1 aromatic heterocycles. The summed E-state index contributed by atoms with van der Waals surface area (Å²) < 4.78 is 4.99. The van der Waals surface area contributed by atoms with Crippen LogP contribution in [-0.2, 0) is 4.79 Å². The summed E-state index contributed by atoms with van der Waals surface area (Å²) >= 11 is 3.70. The van der Waals surface area contributed by atoms with Crippen molar-refractivity contribution in [3.05, 3.63) is 24.2 Å². The first kappa shape index (κ1) is 14.6. The Morgan fingerprint density at radius 3 is 2.48 bits per heavy atom. The third-order valence-electron chi connectivity index (χ3n) is 6.01. The first-order valence-corrected chi connectivity index (χ1v) is 7.97. The number of furan rings is 1. The largest absolute Gasteiger partial charge is 0.459 e. The minimum Gasteiger partial charge on any atom is -0.459 e. The molecule has 0 radical (unpaired) electrons. The van der Waals surface area contributed by atoms with Crippen molar-refractivity contribution in [1.29, 1.82) is 0 Å². The van der Waals surface area contributed by atoms with E-state index in [0.29, 0.717) is 0 Å². The van der Waals surface area contributed by atoms with Crippen LogP contribution in [0.1, 0.15) is 44.2 Å². The van der Waals surface area contributed by atoms with Crippen LogP contribution in [0, 0.1) is 16.2 Å². The van der Waals surface area contributed by atoms with Gasteiger partial charge in [-0.1, -0.05) is 36.7 Å². The third kappa shape index (κ3) is 1.57. The molecular formula is C15H19BrN2O3. The van der Waals surface area contributed by atoms with Crippen LogP contribution in [0.15, 0.2) is 22.8 Å². The highest BCUT2D eigenvalue weighted by molar-refractivity contribution is 9.09. The van der Waals surface area contributed by atoms with Crippen LogP contribution in [0.2, 0.25) is 0 Å². The van der Waals surface area contributed by atoms with E-state index in [-0.39, 0.29) is 27.3 Å². The number of carbonyl (C=O) groups excluding carboxylic acids is 2. The smallest absolute Gasteiger partial charge is 0.305 e. The first-order valence-electron chi connectivity index (χ1n) is 7.06. The van der Waals surface area contributed by atoms with Gasteiger partial charge in [0.05, 0.1) is 11.7 Å². The van der Waals surface area contributed by atoms with Crippen molar-refractivity contribution >= 4 is 27.7 Å². The Labute approximate surface area is 131 Å². The van der Waals surface area contributed by atoms with Crippen molar-refractivity contribution in [1.82, 2.24) is 10.9 Å². The van der Waals surface area contributed by atoms with Gasteiger partial charge in [-0.05, 0) is 35.8 Å². The number of carbonyl (C=O) groups is 2. The molecule has 0 saturated heterocycles. The molecule has 0 spiro atoms. The minimum atomic E-state index is -0.474. The Balaban J connectivity index is 1.71. The Morgan fingerprint density at radius 2 is 2.00 bits per heavy atom. The second-order valence-electron chi connectivity index (χ2n) is 6.76. The molecule has 5 nitrogen and oxygen atoms in total. The van der Waals surface area contributed by atoms with Gasteiger partial charge in [-0.3, -0.25) is 20.4 Å². The molecule has 2 N–H and O–H groups in total. The maximum Gasteiger partial charge on any atom is 0.305 e. The molecule has 21 heavy (non-hydrogen) atoms. The van der Waals surface area contributed by atoms with E-state index in [1.54, 1.807) is 12.1 Å². The molecule has 4 rings (SSSR count). The van der Waals surface area contributed by atoms with Crippen molar-refractivity contribution < 1.29 is 14.0 Å². The fourth-order valence-corrected chi connectivity index (χ4v) is 5.96. The average Bonchev–Trinajstić information content (AvgIpc) is 3.11. The zero-order valence-electron chi connectivity index (χ0n) is 12.3. The topological polar surface area (TPSA) is 71.3 Å². The molecule has 3 fully saturated rings. The lowest BCUT2D eigenvalue weighted by atomic mass is 9.43. The molecular weight excluding hydrogens is 336 g/mol. The zero-order chi connectivity index (χ0) is 15.5. The van der Waals surface area contributed by atoms with Crippen LogP contribution in [0.4, 0.5) is 0 Å². The summed E-state index contributed by atoms with van der Waals surface area (Å²) in [5.74, 6) is -0.412. The van der Waals surface area contributed by atoms with E-state index in [9.17, 15) is 9.59 Å². The number of hydrazine groups is 1. The van der Waals surface area contributed by atoms with Gasteiger partial charge in [-0.25, -0.2) is 0 Å². The molecule has 3 aliphatic rings. The second kappa shape index (κ2) is 4.35. The molecule has 0 aromatic carbocycles. The number of hydrogen-bond donors (Lipinski definition) is 2. The Bertz CT molecular complexity index is 598. The van der Waals surface area contributed by atoms with Crippen LogP contribution in [0.5, 0.6) is 0 Å². The van der Waals surface area contributed by atoms with Crippen LogP contribution >= 0.6 is 15.9 Å². The number of hydrogen-bond acceptors (Lipinski definition) is 3. The van der Waals surface area contributed by atoms with Crippen LogP contribution in [-0.4, -0.2) is 16.6 Å². The van der Waals surface area contributed by atoms with E-state index in [0.717, 1.165) is 12.8 Å². The monoisotopic (exact) mass is 354 g/mol. The molecule has 3 unspecified atom stereocenters. The van der Waals surface area contributed by atoms with Gasteiger partial charge in [0.25, 0.3) is 0 Å². The summed E-state index contributed by atoms with van der Waals surface area (Å²) in [6, 6.07) is 3.17. The van der Waals surface area contributed by atoms with Crippen LogP contribution in [0.25, 0.3) is 0 Å². The molecule has 0 aliphatic heterocycles. The highest BCUT2D eigenvalue weighted by atomic mass is 79.9. The van der Waals surface area contributed by atoms with E-state index in [4.69, 9.17) is 4.42 Å². The van der Waals surface area contributed by atoms with Gasteiger partial charge >= 0.3 is 5.91 Å². The Hall–Kier alpha value is -1.30. The van der Waals surface area contributed by atoms with Gasteiger partial charge in [0.2, 0.25) is 5.91 Å². The summed E-state index contributed by atoms with van der Waals surface area (Å²) in [5.41, 5.74) is 4.54. The number of halogens is 1. The van der Waals surface area contributed by atoms with E-state index in [1.807, 2.05) is 0 Å². The fourth-order valence-electron chi connectivity index (χ4n) is 4.15. The van der Waals surface area contributed by atoms with Crippen molar-refractivity contribution in [2.24, 2.45) is 16.2 Å². The lowest BCUT2D eigenvalue weighted by Crippen LogP contribution is -2.70. The number of nitrogens with one attached hydrogen (secondary N) is 2. The molecule has 2 amide bonds. The van der Waals surface area contributed by atoms with E-state index in [1.165, 1.54) is 6.26 Å². The summed E-state index contributed by atoms with van der Waals surface area (Å²) in [5, 5.41) is 0. The molecule has 3 aliphatic carbocycles. The van der Waals surface area contributed by atoms with Gasteiger partial charge in [-0.2, -0.15) is 0 Å². The fraction of sp³-hybridized carbons (Fsp3) is 0.600. The predicted molar refractivity (Wildman–Crippen MR) is 80.6 cm³/mol. The van der Waals surface area contributed by atoms with Gasteiger partial charge in [0.1, 0.15) is 0 Å². The molecule has 1 heterocycles. The quantitative estimate of drug-likeness (QED) is 0.633. The van der Waals surface area contributed by atoms with E-state index < -0.39 is 11.3 Å². The lowest BCUT2D eigenvalue weighted by Gasteiger charge is -2.64. The predicted octanol–water partition coefficient (Wildman–Crippen LogP) is 2.63. The van der Waals surface area contributed by atoms with Gasteiger partial charge in [0.15, 0.2) is 5.76 Å². The highest BCUT2D eigenvalue weighted by Gasteiger charge is 2.80. The molecule has 114 valence electrons. The molecule has 3 saturated carbocycles. The second-order valence-corrected chi connectivity index (χ2v) is 7.68. The first-order chi connectivity index (χ1) is 9.77. The molecule has 3 atom stereocenters. The minimum absolute atomic E-state index is 0.104. The normalized spacial score (nSPS) is 35.9. The Morgan fingerprint density at radius 1 is 1.29 bits per heavy atom. The lowest BCUT2D eigenvalue weighted by molar-refractivity contribution is -0.162. The molecule has 6 heteroatoms. The maximum absolute atomic E-state index is 12.7. The third-order valence-corrected chi connectivity index (χ3v) is 7.81. The summed E-state index contributed by atoms with van der Waals surface area (Å²) in [6.45, 7) is 6.48. The van der Waals surface area contributed by atoms with Crippen molar-refractivity contribution in [3.8, 4) is 0 Å². The zero-order valence-corrected chi connectivity index (χ0v) is 13.9. The van der Waals surface area contributed by atoms with E-state index >= 15 is 0 Å². The van der Waals surface area contributed by atoms with Gasteiger partial charge in [-0.15, -0.1) is 0 Å². The standard InChI is InChI=1S/C15H19BrN2O3/c1-13(2)14(3)6-7-15(13,11(14)16)12(20)18-17-10(19)9-5-4-8-21-9/h4-5,8,11H,6-7H2,1-3H3,(H,17,19)(H,18,20). The van der Waals surface area contributed by atoms with Gasteiger partial charge < -0.3 is 4.42 Å². The SMILES string of the molecule is CC12CCC(C(=O)NNC(=O)c3ccco3)(C1Br)C2(C)C. The number of fused-ring (bicyclic) bond motifs is 1. The van der Waals surface area contributed by atoms with E-state index in [2.05, 4.69) is 47.6 Å². The summed E-state index contributed by atoms with van der Waals surface area (Å²) in [4.78, 5) is 24.6. The van der Waals surface area contributed by atoms with Crippen molar-refractivity contribution in [2.45, 2.75) is 38.4 Å².